The second kappa shape index (κ2) is 5.01. The van der Waals surface area contributed by atoms with Crippen molar-refractivity contribution < 1.29 is 4.74 Å². The van der Waals surface area contributed by atoms with Gasteiger partial charge in [-0.3, -0.25) is 0 Å². The number of aryl methyl sites for hydroxylation is 2. The molecule has 0 bridgehead atoms. The number of rotatable bonds is 2. The molecule has 1 fully saturated rings. The van der Waals surface area contributed by atoms with E-state index in [1.54, 1.807) is 7.11 Å². The summed E-state index contributed by atoms with van der Waals surface area (Å²) in [6.45, 7) is 6.69. The molecule has 0 spiro atoms. The first-order valence-corrected chi connectivity index (χ1v) is 7.25. The summed E-state index contributed by atoms with van der Waals surface area (Å²) in [6, 6.07) is 4.50. The van der Waals surface area contributed by atoms with Gasteiger partial charge in [0.2, 0.25) is 0 Å². The summed E-state index contributed by atoms with van der Waals surface area (Å²) in [5.74, 6) is 2.43. The van der Waals surface area contributed by atoms with E-state index in [1.807, 2.05) is 0 Å². The van der Waals surface area contributed by atoms with E-state index in [9.17, 15) is 0 Å². The predicted octanol–water partition coefficient (Wildman–Crippen LogP) is 4.59. The highest BCUT2D eigenvalue weighted by Gasteiger charge is 2.32. The molecule has 1 aliphatic rings. The number of hydrogen-bond acceptors (Lipinski definition) is 1. The first-order chi connectivity index (χ1) is 8.04. The molecule has 1 aliphatic carbocycles. The molecule has 0 radical (unpaired) electrons. The zero-order valence-corrected chi connectivity index (χ0v) is 12.7. The third kappa shape index (κ3) is 2.37. The van der Waals surface area contributed by atoms with Crippen molar-refractivity contribution in [3.63, 3.8) is 0 Å². The van der Waals surface area contributed by atoms with E-state index in [0.717, 1.165) is 11.7 Å². The van der Waals surface area contributed by atoms with Gasteiger partial charge in [0.05, 0.1) is 7.11 Å². The van der Waals surface area contributed by atoms with E-state index in [2.05, 4.69) is 48.8 Å². The minimum absolute atomic E-state index is 0.675. The van der Waals surface area contributed by atoms with Gasteiger partial charge in [0.1, 0.15) is 5.75 Å². The van der Waals surface area contributed by atoms with Gasteiger partial charge in [0.15, 0.2) is 0 Å². The zero-order chi connectivity index (χ0) is 12.6. The Labute approximate surface area is 113 Å². The average molecular weight is 297 g/mol. The highest BCUT2D eigenvalue weighted by Crippen LogP contribution is 2.44. The summed E-state index contributed by atoms with van der Waals surface area (Å²) in [5, 5.41) is 0. The van der Waals surface area contributed by atoms with E-state index in [1.165, 1.54) is 29.5 Å². The molecule has 0 aromatic heterocycles. The summed E-state index contributed by atoms with van der Waals surface area (Å²) < 4.78 is 5.38. The second-order valence-electron chi connectivity index (χ2n) is 5.24. The minimum atomic E-state index is 0.675. The van der Waals surface area contributed by atoms with Crippen LogP contribution in [0.25, 0.3) is 0 Å². The van der Waals surface area contributed by atoms with Crippen molar-refractivity contribution >= 4 is 15.9 Å². The molecule has 2 heteroatoms. The molecule has 1 aromatic rings. The Hall–Kier alpha value is -0.500. The van der Waals surface area contributed by atoms with Crippen LogP contribution in [-0.4, -0.2) is 11.9 Å². The monoisotopic (exact) mass is 296 g/mol. The van der Waals surface area contributed by atoms with Crippen molar-refractivity contribution in [2.75, 3.05) is 7.11 Å². The molecule has 0 saturated heterocycles. The molecule has 3 atom stereocenters. The first-order valence-electron chi connectivity index (χ1n) is 6.33. The van der Waals surface area contributed by atoms with Gasteiger partial charge in [-0.2, -0.15) is 0 Å². The van der Waals surface area contributed by atoms with Crippen molar-refractivity contribution in [2.24, 2.45) is 5.92 Å². The maximum Gasteiger partial charge on any atom is 0.122 e. The van der Waals surface area contributed by atoms with Gasteiger partial charge < -0.3 is 4.74 Å². The Morgan fingerprint density at radius 3 is 2.41 bits per heavy atom. The molecule has 0 heterocycles. The highest BCUT2D eigenvalue weighted by molar-refractivity contribution is 9.09. The maximum atomic E-state index is 5.38. The number of alkyl halides is 1. The van der Waals surface area contributed by atoms with Crippen molar-refractivity contribution in [1.29, 1.82) is 0 Å². The predicted molar refractivity (Wildman–Crippen MR) is 76.3 cm³/mol. The van der Waals surface area contributed by atoms with Crippen LogP contribution in [-0.2, 0) is 0 Å². The van der Waals surface area contributed by atoms with E-state index in [0.29, 0.717) is 10.7 Å². The largest absolute Gasteiger partial charge is 0.496 e. The standard InChI is InChI=1S/C15H21BrO/c1-9-8-15(17-4)10(2)7-13(9)12-5-6-14(16)11(12)3/h7-8,11-12,14H,5-6H2,1-4H3. The third-order valence-electron chi connectivity index (χ3n) is 4.14. The van der Waals surface area contributed by atoms with Gasteiger partial charge >= 0.3 is 0 Å². The SMILES string of the molecule is COc1cc(C)c(C2CCC(Br)C2C)cc1C. The third-order valence-corrected chi connectivity index (χ3v) is 5.43. The van der Waals surface area contributed by atoms with Crippen LogP contribution in [0.3, 0.4) is 0 Å². The van der Waals surface area contributed by atoms with Crippen molar-refractivity contribution in [3.8, 4) is 5.75 Å². The van der Waals surface area contributed by atoms with E-state index < -0.39 is 0 Å². The van der Waals surface area contributed by atoms with E-state index >= 15 is 0 Å². The van der Waals surface area contributed by atoms with Crippen molar-refractivity contribution in [2.45, 2.75) is 44.4 Å². The minimum Gasteiger partial charge on any atom is -0.496 e. The van der Waals surface area contributed by atoms with Gasteiger partial charge in [-0.25, -0.2) is 0 Å². The highest BCUT2D eigenvalue weighted by atomic mass is 79.9. The topological polar surface area (TPSA) is 9.23 Å². The zero-order valence-electron chi connectivity index (χ0n) is 11.1. The second-order valence-corrected chi connectivity index (χ2v) is 6.41. The number of hydrogen-bond donors (Lipinski definition) is 0. The van der Waals surface area contributed by atoms with Crippen LogP contribution in [0.4, 0.5) is 0 Å². The molecule has 2 rings (SSSR count). The van der Waals surface area contributed by atoms with E-state index in [4.69, 9.17) is 4.74 Å². The Kier molecular flexibility index (Phi) is 3.82. The van der Waals surface area contributed by atoms with Crippen LogP contribution in [0.2, 0.25) is 0 Å². The van der Waals surface area contributed by atoms with Crippen LogP contribution >= 0.6 is 15.9 Å². The Balaban J connectivity index is 2.36. The molecule has 0 aliphatic heterocycles. The smallest absolute Gasteiger partial charge is 0.122 e. The number of benzene rings is 1. The van der Waals surface area contributed by atoms with Crippen molar-refractivity contribution in [1.82, 2.24) is 0 Å². The lowest BCUT2D eigenvalue weighted by Gasteiger charge is -2.21. The summed E-state index contributed by atoms with van der Waals surface area (Å²) in [4.78, 5) is 0.675. The molecule has 0 N–H and O–H groups in total. The lowest BCUT2D eigenvalue weighted by atomic mass is 9.86. The van der Waals surface area contributed by atoms with Gasteiger partial charge in [-0.15, -0.1) is 0 Å². The fraction of sp³-hybridized carbons (Fsp3) is 0.600. The summed E-state index contributed by atoms with van der Waals surface area (Å²) in [5.41, 5.74) is 4.13. The first kappa shape index (κ1) is 12.9. The molecule has 17 heavy (non-hydrogen) atoms. The number of ether oxygens (including phenoxy) is 1. The molecular formula is C15H21BrO. The lowest BCUT2D eigenvalue weighted by Crippen LogP contribution is -2.10. The van der Waals surface area contributed by atoms with Gasteiger partial charge in [0.25, 0.3) is 0 Å². The fourth-order valence-electron chi connectivity index (χ4n) is 2.99. The molecule has 94 valence electrons. The Bertz CT molecular complexity index is 414. The normalized spacial score (nSPS) is 28.4. The van der Waals surface area contributed by atoms with Gasteiger partial charge in [-0.05, 0) is 61.3 Å². The average Bonchev–Trinajstić information content (AvgIpc) is 2.63. The summed E-state index contributed by atoms with van der Waals surface area (Å²) in [7, 11) is 1.74. The molecule has 3 unspecified atom stereocenters. The quantitative estimate of drug-likeness (QED) is 0.725. The van der Waals surface area contributed by atoms with E-state index in [-0.39, 0.29) is 0 Å². The van der Waals surface area contributed by atoms with Crippen LogP contribution in [0.15, 0.2) is 12.1 Å². The molecule has 0 amide bonds. The molecule has 1 saturated carbocycles. The summed E-state index contributed by atoms with van der Waals surface area (Å²) in [6.07, 6.45) is 2.58. The van der Waals surface area contributed by atoms with Crippen LogP contribution in [0.1, 0.15) is 42.4 Å². The van der Waals surface area contributed by atoms with Crippen LogP contribution < -0.4 is 4.74 Å². The Morgan fingerprint density at radius 1 is 1.18 bits per heavy atom. The number of methoxy groups -OCH3 is 1. The van der Waals surface area contributed by atoms with Gasteiger partial charge in [0, 0.05) is 4.83 Å². The lowest BCUT2D eigenvalue weighted by molar-refractivity contribution is 0.410. The fourth-order valence-corrected chi connectivity index (χ4v) is 3.62. The van der Waals surface area contributed by atoms with Crippen LogP contribution in [0.5, 0.6) is 5.75 Å². The summed E-state index contributed by atoms with van der Waals surface area (Å²) >= 11 is 3.79. The molecular weight excluding hydrogens is 276 g/mol. The van der Waals surface area contributed by atoms with Crippen molar-refractivity contribution in [3.05, 3.63) is 28.8 Å². The Morgan fingerprint density at radius 2 is 1.88 bits per heavy atom. The van der Waals surface area contributed by atoms with Gasteiger partial charge in [-0.1, -0.05) is 28.9 Å². The maximum absolute atomic E-state index is 5.38. The number of halogens is 1. The molecule has 1 aromatic carbocycles. The van der Waals surface area contributed by atoms with Crippen LogP contribution in [0, 0.1) is 19.8 Å². The molecule has 1 nitrogen and oxygen atoms in total.